The summed E-state index contributed by atoms with van der Waals surface area (Å²) in [5, 5.41) is 3.58. The largest absolute Gasteiger partial charge is 0.480 e. The van der Waals surface area contributed by atoms with E-state index in [1.54, 1.807) is 13.1 Å². The van der Waals surface area contributed by atoms with Crippen molar-refractivity contribution in [1.82, 2.24) is 10.3 Å². The molecule has 146 valence electrons. The number of hydrogen-bond donors (Lipinski definition) is 1. The highest BCUT2D eigenvalue weighted by molar-refractivity contribution is 5.88. The van der Waals surface area contributed by atoms with Crippen LogP contribution in [0.4, 0.5) is 0 Å². The Balaban J connectivity index is 1.84. The standard InChI is InChI=1S/C22H24N2O4/c1-4-7-16-12-20(25)28-19-11-14(2)10-18(21(16)19)27-15(3)22(26)24-13-17-8-5-6-9-23-17/h5-6,8-12,15H,4,7,13H2,1-3H3,(H,24,26)/t15-/m0/s1. The zero-order chi connectivity index (χ0) is 20.1. The van der Waals surface area contributed by atoms with Crippen molar-refractivity contribution >= 4 is 16.9 Å². The van der Waals surface area contributed by atoms with Crippen LogP contribution in [0.15, 0.2) is 51.8 Å². The van der Waals surface area contributed by atoms with Gasteiger partial charge in [0.05, 0.1) is 17.6 Å². The predicted molar refractivity (Wildman–Crippen MR) is 107 cm³/mol. The Kier molecular flexibility index (Phi) is 6.09. The lowest BCUT2D eigenvalue weighted by atomic mass is 10.0. The summed E-state index contributed by atoms with van der Waals surface area (Å²) in [5.74, 6) is 0.303. The highest BCUT2D eigenvalue weighted by Gasteiger charge is 2.19. The van der Waals surface area contributed by atoms with E-state index in [4.69, 9.17) is 9.15 Å². The van der Waals surface area contributed by atoms with Gasteiger partial charge in [-0.15, -0.1) is 0 Å². The van der Waals surface area contributed by atoms with Crippen molar-refractivity contribution < 1.29 is 13.9 Å². The van der Waals surface area contributed by atoms with E-state index in [9.17, 15) is 9.59 Å². The molecule has 0 bridgehead atoms. The number of rotatable bonds is 7. The van der Waals surface area contributed by atoms with Crippen LogP contribution in [0.3, 0.4) is 0 Å². The molecule has 1 N–H and O–H groups in total. The van der Waals surface area contributed by atoms with E-state index in [1.165, 1.54) is 6.07 Å². The molecule has 0 aliphatic carbocycles. The smallest absolute Gasteiger partial charge is 0.336 e. The van der Waals surface area contributed by atoms with Crippen LogP contribution >= 0.6 is 0 Å². The van der Waals surface area contributed by atoms with Gasteiger partial charge in [-0.3, -0.25) is 9.78 Å². The lowest BCUT2D eigenvalue weighted by Gasteiger charge is -2.18. The first-order valence-electron chi connectivity index (χ1n) is 9.39. The number of pyridine rings is 1. The molecule has 1 atom stereocenters. The minimum atomic E-state index is -0.713. The quantitative estimate of drug-likeness (QED) is 0.634. The highest BCUT2D eigenvalue weighted by Crippen LogP contribution is 2.31. The third kappa shape index (κ3) is 4.57. The number of nitrogens with zero attached hydrogens (tertiary/aromatic N) is 1. The maximum atomic E-state index is 12.5. The summed E-state index contributed by atoms with van der Waals surface area (Å²) < 4.78 is 11.4. The van der Waals surface area contributed by atoms with Crippen LogP contribution < -0.4 is 15.7 Å². The number of aromatic nitrogens is 1. The Labute approximate surface area is 163 Å². The lowest BCUT2D eigenvalue weighted by molar-refractivity contribution is -0.127. The second kappa shape index (κ2) is 8.69. The van der Waals surface area contributed by atoms with E-state index < -0.39 is 6.10 Å². The van der Waals surface area contributed by atoms with Crippen molar-refractivity contribution in [3.05, 3.63) is 69.8 Å². The number of fused-ring (bicyclic) bond motifs is 1. The third-order valence-corrected chi connectivity index (χ3v) is 4.40. The third-order valence-electron chi connectivity index (χ3n) is 4.40. The molecule has 3 rings (SSSR count). The first-order valence-corrected chi connectivity index (χ1v) is 9.39. The molecule has 28 heavy (non-hydrogen) atoms. The number of carbonyl (C=O) groups excluding carboxylic acids is 1. The van der Waals surface area contributed by atoms with Gasteiger partial charge in [-0.25, -0.2) is 4.79 Å². The normalized spacial score (nSPS) is 12.0. The molecular weight excluding hydrogens is 356 g/mol. The number of hydrogen-bond acceptors (Lipinski definition) is 5. The minimum absolute atomic E-state index is 0.241. The van der Waals surface area contributed by atoms with Crippen molar-refractivity contribution in [2.24, 2.45) is 0 Å². The molecule has 0 radical (unpaired) electrons. The monoisotopic (exact) mass is 380 g/mol. The van der Waals surface area contributed by atoms with Gasteiger partial charge in [-0.1, -0.05) is 19.4 Å². The van der Waals surface area contributed by atoms with Crippen LogP contribution in [-0.2, 0) is 17.8 Å². The summed E-state index contributed by atoms with van der Waals surface area (Å²) in [7, 11) is 0. The fourth-order valence-corrected chi connectivity index (χ4v) is 3.10. The van der Waals surface area contributed by atoms with E-state index in [1.807, 2.05) is 44.2 Å². The molecule has 0 saturated carbocycles. The zero-order valence-electron chi connectivity index (χ0n) is 16.3. The summed E-state index contributed by atoms with van der Waals surface area (Å²) in [5.41, 5.74) is 2.63. The van der Waals surface area contributed by atoms with E-state index >= 15 is 0 Å². The summed E-state index contributed by atoms with van der Waals surface area (Å²) in [6.45, 7) is 5.96. The maximum Gasteiger partial charge on any atom is 0.336 e. The van der Waals surface area contributed by atoms with Crippen LogP contribution in [0.5, 0.6) is 5.75 Å². The first-order chi connectivity index (χ1) is 13.5. The Bertz CT molecular complexity index is 1030. The van der Waals surface area contributed by atoms with Crippen molar-refractivity contribution in [3.8, 4) is 5.75 Å². The van der Waals surface area contributed by atoms with Crippen LogP contribution in [0, 0.1) is 6.92 Å². The summed E-state index contributed by atoms with van der Waals surface area (Å²) in [4.78, 5) is 28.5. The topological polar surface area (TPSA) is 81.4 Å². The van der Waals surface area contributed by atoms with Gasteiger partial charge < -0.3 is 14.5 Å². The molecule has 1 amide bonds. The minimum Gasteiger partial charge on any atom is -0.480 e. The zero-order valence-corrected chi connectivity index (χ0v) is 16.3. The molecule has 0 fully saturated rings. The van der Waals surface area contributed by atoms with Crippen LogP contribution in [0.2, 0.25) is 0 Å². The molecule has 0 saturated heterocycles. The summed E-state index contributed by atoms with van der Waals surface area (Å²) in [6.07, 6.45) is 2.58. The number of nitrogens with one attached hydrogen (secondary N) is 1. The van der Waals surface area contributed by atoms with E-state index in [0.29, 0.717) is 17.9 Å². The maximum absolute atomic E-state index is 12.5. The Morgan fingerprint density at radius 2 is 2.11 bits per heavy atom. The molecule has 2 aromatic heterocycles. The van der Waals surface area contributed by atoms with Gasteiger partial charge in [0.15, 0.2) is 6.10 Å². The molecule has 6 heteroatoms. The van der Waals surface area contributed by atoms with E-state index in [-0.39, 0.29) is 11.5 Å². The second-order valence-corrected chi connectivity index (χ2v) is 6.78. The highest BCUT2D eigenvalue weighted by atomic mass is 16.5. The summed E-state index contributed by atoms with van der Waals surface area (Å²) >= 11 is 0. The van der Waals surface area contributed by atoms with Crippen LogP contribution in [0.1, 0.15) is 37.1 Å². The Morgan fingerprint density at radius 1 is 1.29 bits per heavy atom. The number of carbonyl (C=O) groups is 1. The van der Waals surface area contributed by atoms with Gasteiger partial charge >= 0.3 is 5.63 Å². The molecule has 0 aliphatic rings. The predicted octanol–water partition coefficient (Wildman–Crippen LogP) is 3.53. The SMILES string of the molecule is CCCc1cc(=O)oc2cc(C)cc(O[C@@H](C)C(=O)NCc3ccccn3)c12. The molecule has 3 aromatic rings. The average Bonchev–Trinajstić information content (AvgIpc) is 2.66. The molecule has 0 aliphatic heterocycles. The van der Waals surface area contributed by atoms with Crippen molar-refractivity contribution in [2.75, 3.05) is 0 Å². The number of amides is 1. The van der Waals surface area contributed by atoms with Crippen LogP contribution in [0.25, 0.3) is 11.0 Å². The molecule has 2 heterocycles. The fourth-order valence-electron chi connectivity index (χ4n) is 3.10. The number of aryl methyl sites for hydroxylation is 2. The van der Waals surface area contributed by atoms with E-state index in [2.05, 4.69) is 10.3 Å². The number of ether oxygens (including phenoxy) is 1. The van der Waals surface area contributed by atoms with Gasteiger partial charge in [0, 0.05) is 12.3 Å². The van der Waals surface area contributed by atoms with Crippen molar-refractivity contribution in [2.45, 2.75) is 46.3 Å². The van der Waals surface area contributed by atoms with Gasteiger partial charge in [-0.2, -0.15) is 0 Å². The van der Waals surface area contributed by atoms with Crippen molar-refractivity contribution in [1.29, 1.82) is 0 Å². The lowest BCUT2D eigenvalue weighted by Crippen LogP contribution is -2.36. The Hall–Kier alpha value is -3.15. The first kappa shape index (κ1) is 19.6. The van der Waals surface area contributed by atoms with Gasteiger partial charge in [0.2, 0.25) is 0 Å². The molecule has 0 spiro atoms. The average molecular weight is 380 g/mol. The van der Waals surface area contributed by atoms with Crippen LogP contribution in [-0.4, -0.2) is 17.0 Å². The number of benzene rings is 1. The molecule has 6 nitrogen and oxygen atoms in total. The molecular formula is C22H24N2O4. The van der Waals surface area contributed by atoms with Gasteiger partial charge in [0.25, 0.3) is 5.91 Å². The van der Waals surface area contributed by atoms with Gasteiger partial charge in [0.1, 0.15) is 11.3 Å². The summed E-state index contributed by atoms with van der Waals surface area (Å²) in [6, 6.07) is 10.7. The van der Waals surface area contributed by atoms with Gasteiger partial charge in [-0.05, 0) is 55.7 Å². The second-order valence-electron chi connectivity index (χ2n) is 6.78. The van der Waals surface area contributed by atoms with E-state index in [0.717, 1.165) is 35.0 Å². The molecule has 1 aromatic carbocycles. The molecule has 0 unspecified atom stereocenters. The Morgan fingerprint density at radius 3 is 2.82 bits per heavy atom. The fraction of sp³-hybridized carbons (Fsp3) is 0.318. The van der Waals surface area contributed by atoms with Crippen molar-refractivity contribution in [3.63, 3.8) is 0 Å².